The maximum absolute atomic E-state index is 11.4. The number of aromatic nitrogens is 1. The van der Waals surface area contributed by atoms with Gasteiger partial charge in [0.05, 0.1) is 17.2 Å². The number of amides is 1. The molecule has 0 fully saturated rings. The largest absolute Gasteiger partial charge is 0.383 e. The summed E-state index contributed by atoms with van der Waals surface area (Å²) in [5.41, 5.74) is 0.380. The molecule has 0 radical (unpaired) electrons. The number of methoxy groups -OCH3 is 1. The summed E-state index contributed by atoms with van der Waals surface area (Å²) in [5.74, 6) is -0.236. The number of carbonyl (C=O) groups is 1. The molecular weight excluding hydrogens is 204 g/mol. The number of ether oxygens (including phenoxy) is 1. The summed E-state index contributed by atoms with van der Waals surface area (Å²) in [6, 6.07) is 1.58. The Bertz CT molecular complexity index is 317. The van der Waals surface area contributed by atoms with E-state index in [2.05, 4.69) is 10.3 Å². The van der Waals surface area contributed by atoms with E-state index in [1.54, 1.807) is 13.2 Å². The lowest BCUT2D eigenvalue weighted by Crippen LogP contribution is -2.27. The number of pyridine rings is 1. The van der Waals surface area contributed by atoms with Crippen LogP contribution in [0.15, 0.2) is 18.5 Å². The Balaban J connectivity index is 2.56. The molecule has 0 bridgehead atoms. The molecule has 0 saturated heterocycles. The third kappa shape index (κ3) is 2.97. The minimum atomic E-state index is -0.236. The smallest absolute Gasteiger partial charge is 0.254 e. The maximum Gasteiger partial charge on any atom is 0.254 e. The second kappa shape index (κ2) is 5.57. The van der Waals surface area contributed by atoms with Crippen molar-refractivity contribution in [3.8, 4) is 0 Å². The summed E-state index contributed by atoms with van der Waals surface area (Å²) in [6.07, 6.45) is 2.97. The minimum absolute atomic E-state index is 0.236. The molecule has 1 rings (SSSR count). The summed E-state index contributed by atoms with van der Waals surface area (Å²) >= 11 is 5.80. The van der Waals surface area contributed by atoms with E-state index in [1.165, 1.54) is 12.4 Å². The first-order valence-electron chi connectivity index (χ1n) is 4.12. The fourth-order valence-electron chi connectivity index (χ4n) is 0.906. The molecule has 14 heavy (non-hydrogen) atoms. The van der Waals surface area contributed by atoms with Crippen LogP contribution in [-0.4, -0.2) is 31.2 Å². The number of nitrogens with zero attached hydrogens (tertiary/aromatic N) is 1. The van der Waals surface area contributed by atoms with Crippen molar-refractivity contribution < 1.29 is 9.53 Å². The Labute approximate surface area is 87.2 Å². The summed E-state index contributed by atoms with van der Waals surface area (Å²) < 4.78 is 4.80. The van der Waals surface area contributed by atoms with Crippen molar-refractivity contribution in [3.63, 3.8) is 0 Å². The fraction of sp³-hybridized carbons (Fsp3) is 0.333. The zero-order valence-electron chi connectivity index (χ0n) is 7.79. The van der Waals surface area contributed by atoms with Gasteiger partial charge in [0, 0.05) is 26.0 Å². The first-order chi connectivity index (χ1) is 6.75. The van der Waals surface area contributed by atoms with Gasteiger partial charge in [0.2, 0.25) is 0 Å². The van der Waals surface area contributed by atoms with Crippen LogP contribution in [0.4, 0.5) is 0 Å². The predicted octanol–water partition coefficient (Wildman–Crippen LogP) is 1.11. The van der Waals surface area contributed by atoms with E-state index in [0.29, 0.717) is 23.7 Å². The molecule has 0 unspecified atom stereocenters. The van der Waals surface area contributed by atoms with Crippen molar-refractivity contribution in [1.29, 1.82) is 0 Å². The van der Waals surface area contributed by atoms with Gasteiger partial charge >= 0.3 is 0 Å². The molecule has 1 heterocycles. The van der Waals surface area contributed by atoms with Crippen molar-refractivity contribution in [2.24, 2.45) is 0 Å². The molecule has 76 valence electrons. The fourth-order valence-corrected chi connectivity index (χ4v) is 1.10. The van der Waals surface area contributed by atoms with Crippen molar-refractivity contribution in [3.05, 3.63) is 29.0 Å². The van der Waals surface area contributed by atoms with Gasteiger partial charge in [-0.1, -0.05) is 11.6 Å². The predicted molar refractivity (Wildman–Crippen MR) is 53.5 cm³/mol. The summed E-state index contributed by atoms with van der Waals surface area (Å²) in [4.78, 5) is 15.3. The standard InChI is InChI=1S/C9H11ClN2O2/c1-14-5-4-12-9(13)7-6-11-3-2-8(7)10/h2-3,6H,4-5H2,1H3,(H,12,13). The number of carbonyl (C=O) groups excluding carboxylic acids is 1. The molecule has 1 N–H and O–H groups in total. The van der Waals surface area contributed by atoms with Gasteiger partial charge in [0.1, 0.15) is 0 Å². The molecule has 0 aliphatic carbocycles. The highest BCUT2D eigenvalue weighted by atomic mass is 35.5. The molecule has 5 heteroatoms. The normalized spacial score (nSPS) is 9.86. The van der Waals surface area contributed by atoms with Gasteiger partial charge in [-0.15, -0.1) is 0 Å². The summed E-state index contributed by atoms with van der Waals surface area (Å²) in [5, 5.41) is 3.05. The molecule has 0 atom stereocenters. The van der Waals surface area contributed by atoms with Gasteiger partial charge in [-0.3, -0.25) is 9.78 Å². The molecule has 1 amide bonds. The van der Waals surface area contributed by atoms with E-state index < -0.39 is 0 Å². The van der Waals surface area contributed by atoms with Crippen molar-refractivity contribution >= 4 is 17.5 Å². The second-order valence-electron chi connectivity index (χ2n) is 2.60. The maximum atomic E-state index is 11.4. The Kier molecular flexibility index (Phi) is 4.35. The average molecular weight is 215 g/mol. The van der Waals surface area contributed by atoms with E-state index in [1.807, 2.05) is 0 Å². The quantitative estimate of drug-likeness (QED) is 0.764. The molecule has 0 aromatic carbocycles. The Morgan fingerprint density at radius 3 is 3.14 bits per heavy atom. The van der Waals surface area contributed by atoms with Gasteiger partial charge in [-0.25, -0.2) is 0 Å². The van der Waals surface area contributed by atoms with Crippen LogP contribution in [0.25, 0.3) is 0 Å². The number of hydrogen-bond donors (Lipinski definition) is 1. The van der Waals surface area contributed by atoms with E-state index >= 15 is 0 Å². The lowest BCUT2D eigenvalue weighted by molar-refractivity contribution is 0.0937. The zero-order valence-corrected chi connectivity index (χ0v) is 8.54. The van der Waals surface area contributed by atoms with Crippen molar-refractivity contribution in [2.75, 3.05) is 20.3 Å². The third-order valence-corrected chi connectivity index (χ3v) is 1.93. The summed E-state index contributed by atoms with van der Waals surface area (Å²) in [7, 11) is 1.57. The Hall–Kier alpha value is -1.13. The Morgan fingerprint density at radius 1 is 1.71 bits per heavy atom. The number of rotatable bonds is 4. The minimum Gasteiger partial charge on any atom is -0.383 e. The Morgan fingerprint density at radius 2 is 2.50 bits per heavy atom. The van der Waals surface area contributed by atoms with Crippen LogP contribution in [0.3, 0.4) is 0 Å². The van der Waals surface area contributed by atoms with Crippen LogP contribution < -0.4 is 5.32 Å². The molecule has 1 aromatic rings. The van der Waals surface area contributed by atoms with Gasteiger partial charge in [-0.2, -0.15) is 0 Å². The van der Waals surface area contributed by atoms with Crippen molar-refractivity contribution in [1.82, 2.24) is 10.3 Å². The van der Waals surface area contributed by atoms with Gasteiger partial charge in [0.15, 0.2) is 0 Å². The van der Waals surface area contributed by atoms with Crippen LogP contribution in [0, 0.1) is 0 Å². The highest BCUT2D eigenvalue weighted by Gasteiger charge is 2.08. The zero-order chi connectivity index (χ0) is 10.4. The van der Waals surface area contributed by atoms with Crippen LogP contribution in [0.2, 0.25) is 5.02 Å². The molecule has 1 aromatic heterocycles. The molecule has 4 nitrogen and oxygen atoms in total. The average Bonchev–Trinajstić information content (AvgIpc) is 2.18. The number of nitrogens with one attached hydrogen (secondary N) is 1. The second-order valence-corrected chi connectivity index (χ2v) is 3.01. The molecule has 0 aliphatic heterocycles. The van der Waals surface area contributed by atoms with Gasteiger partial charge in [-0.05, 0) is 6.07 Å². The first kappa shape index (κ1) is 10.9. The van der Waals surface area contributed by atoms with Crippen molar-refractivity contribution in [2.45, 2.75) is 0 Å². The molecule has 0 spiro atoms. The van der Waals surface area contributed by atoms with E-state index in [0.717, 1.165) is 0 Å². The van der Waals surface area contributed by atoms with E-state index in [4.69, 9.17) is 16.3 Å². The van der Waals surface area contributed by atoms with E-state index in [9.17, 15) is 4.79 Å². The highest BCUT2D eigenvalue weighted by Crippen LogP contribution is 2.12. The molecule has 0 saturated carbocycles. The topological polar surface area (TPSA) is 51.2 Å². The van der Waals surface area contributed by atoms with E-state index in [-0.39, 0.29) is 5.91 Å². The SMILES string of the molecule is COCCNC(=O)c1cnccc1Cl. The van der Waals surface area contributed by atoms with Gasteiger partial charge < -0.3 is 10.1 Å². The first-order valence-corrected chi connectivity index (χ1v) is 4.50. The third-order valence-electron chi connectivity index (χ3n) is 1.60. The van der Waals surface area contributed by atoms with Crippen LogP contribution in [0.1, 0.15) is 10.4 Å². The van der Waals surface area contributed by atoms with Crippen LogP contribution >= 0.6 is 11.6 Å². The molecule has 0 aliphatic rings. The summed E-state index contributed by atoms with van der Waals surface area (Å²) in [6.45, 7) is 0.935. The monoisotopic (exact) mass is 214 g/mol. The van der Waals surface area contributed by atoms with Gasteiger partial charge in [0.25, 0.3) is 5.91 Å². The number of hydrogen-bond acceptors (Lipinski definition) is 3. The lowest BCUT2D eigenvalue weighted by Gasteiger charge is -2.04. The molecular formula is C9H11ClN2O2. The highest BCUT2D eigenvalue weighted by molar-refractivity contribution is 6.33. The lowest BCUT2D eigenvalue weighted by atomic mass is 10.2. The van der Waals surface area contributed by atoms with Crippen LogP contribution in [-0.2, 0) is 4.74 Å². The number of halogens is 1. The van der Waals surface area contributed by atoms with Crippen LogP contribution in [0.5, 0.6) is 0 Å².